The first-order chi connectivity index (χ1) is 10.2. The van der Waals surface area contributed by atoms with Gasteiger partial charge in [0.15, 0.2) is 9.84 Å². The van der Waals surface area contributed by atoms with E-state index in [2.05, 4.69) is 5.32 Å². The Balaban J connectivity index is 2.80. The molecule has 0 aliphatic carbocycles. The lowest BCUT2D eigenvalue weighted by atomic mass is 9.85. The molecule has 0 saturated carbocycles. The van der Waals surface area contributed by atoms with Gasteiger partial charge in [-0.2, -0.15) is 0 Å². The number of hydrogen-bond acceptors (Lipinski definition) is 4. The molecular weight excluding hydrogens is 326 g/mol. The van der Waals surface area contributed by atoms with E-state index in [0.29, 0.717) is 5.02 Å². The minimum absolute atomic E-state index is 0.200. The summed E-state index contributed by atoms with van der Waals surface area (Å²) in [7, 11) is -3.59. The lowest BCUT2D eigenvalue weighted by Crippen LogP contribution is -2.43. The molecule has 22 heavy (non-hydrogen) atoms. The molecule has 7 heteroatoms. The quantitative estimate of drug-likeness (QED) is 0.716. The van der Waals surface area contributed by atoms with Gasteiger partial charge in [0, 0.05) is 17.1 Å². The summed E-state index contributed by atoms with van der Waals surface area (Å²) < 4.78 is 23.3. The summed E-state index contributed by atoms with van der Waals surface area (Å²) in [5, 5.41) is 12.5. The first kappa shape index (κ1) is 18.9. The number of carboxylic acid groups (broad SMARTS) is 1. The molecule has 1 aromatic carbocycles. The van der Waals surface area contributed by atoms with Crippen LogP contribution in [0.5, 0.6) is 0 Å². The Kier molecular flexibility index (Phi) is 6.84. The van der Waals surface area contributed by atoms with E-state index in [1.54, 1.807) is 12.1 Å². The summed E-state index contributed by atoms with van der Waals surface area (Å²) in [6, 6.07) is 7.46. The van der Waals surface area contributed by atoms with Gasteiger partial charge in [-0.15, -0.1) is 0 Å². The van der Waals surface area contributed by atoms with Crippen LogP contribution in [0.15, 0.2) is 24.3 Å². The van der Waals surface area contributed by atoms with Crippen molar-refractivity contribution >= 4 is 27.4 Å². The SMILES string of the molecule is CCC(CC)(NCCS(=O)(=O)CC(=O)O)c1ccc(Cl)cc1. The topological polar surface area (TPSA) is 83.5 Å². The van der Waals surface area contributed by atoms with Gasteiger partial charge < -0.3 is 10.4 Å². The lowest BCUT2D eigenvalue weighted by molar-refractivity contribution is -0.134. The van der Waals surface area contributed by atoms with E-state index < -0.39 is 21.6 Å². The number of benzene rings is 1. The number of carbonyl (C=O) groups is 1. The third kappa shape index (κ3) is 5.26. The Morgan fingerprint density at radius 2 is 1.77 bits per heavy atom. The first-order valence-corrected chi connectivity index (χ1v) is 9.38. The summed E-state index contributed by atoms with van der Waals surface area (Å²) in [6.45, 7) is 4.26. The smallest absolute Gasteiger partial charge is 0.318 e. The molecule has 0 aliphatic heterocycles. The third-order valence-corrected chi connectivity index (χ3v) is 5.59. The maximum atomic E-state index is 11.6. The van der Waals surface area contributed by atoms with Crippen molar-refractivity contribution in [2.75, 3.05) is 18.1 Å². The van der Waals surface area contributed by atoms with E-state index in [1.165, 1.54) is 0 Å². The molecule has 1 rings (SSSR count). The summed E-state index contributed by atoms with van der Waals surface area (Å²) in [5.41, 5.74) is 0.695. The Bertz CT molecular complexity index is 594. The lowest BCUT2D eigenvalue weighted by Gasteiger charge is -2.34. The van der Waals surface area contributed by atoms with Crippen LogP contribution >= 0.6 is 11.6 Å². The second-order valence-corrected chi connectivity index (χ2v) is 7.83. The van der Waals surface area contributed by atoms with Crippen LogP contribution in [0, 0.1) is 0 Å². The van der Waals surface area contributed by atoms with Crippen LogP contribution in [-0.2, 0) is 20.2 Å². The number of carboxylic acids is 1. The predicted molar refractivity (Wildman–Crippen MR) is 88.0 cm³/mol. The van der Waals surface area contributed by atoms with Crippen molar-refractivity contribution in [2.45, 2.75) is 32.2 Å². The van der Waals surface area contributed by atoms with Gasteiger partial charge >= 0.3 is 5.97 Å². The monoisotopic (exact) mass is 347 g/mol. The van der Waals surface area contributed by atoms with Crippen molar-refractivity contribution in [2.24, 2.45) is 0 Å². The largest absolute Gasteiger partial charge is 0.480 e. The molecule has 0 amide bonds. The summed E-state index contributed by atoms with van der Waals surface area (Å²) in [5.74, 6) is -2.36. The van der Waals surface area contributed by atoms with Gasteiger partial charge in [0.1, 0.15) is 5.75 Å². The fraction of sp³-hybridized carbons (Fsp3) is 0.533. The Hall–Kier alpha value is -1.11. The number of nitrogens with one attached hydrogen (secondary N) is 1. The van der Waals surface area contributed by atoms with Crippen LogP contribution in [0.1, 0.15) is 32.3 Å². The average molecular weight is 348 g/mol. The van der Waals surface area contributed by atoms with E-state index in [1.807, 2.05) is 26.0 Å². The maximum Gasteiger partial charge on any atom is 0.318 e. The van der Waals surface area contributed by atoms with Crippen molar-refractivity contribution in [3.05, 3.63) is 34.9 Å². The standard InChI is InChI=1S/C15H22ClNO4S/c1-3-15(4-2,12-5-7-13(16)8-6-12)17-9-10-22(20,21)11-14(18)19/h5-8,17H,3-4,9-11H2,1-2H3,(H,18,19). The van der Waals surface area contributed by atoms with Crippen LogP contribution < -0.4 is 5.32 Å². The zero-order valence-electron chi connectivity index (χ0n) is 12.8. The minimum Gasteiger partial charge on any atom is -0.480 e. The summed E-state index contributed by atoms with van der Waals surface area (Å²) >= 11 is 5.91. The highest BCUT2D eigenvalue weighted by Gasteiger charge is 2.28. The highest BCUT2D eigenvalue weighted by Crippen LogP contribution is 2.29. The highest BCUT2D eigenvalue weighted by molar-refractivity contribution is 7.92. The molecule has 0 aliphatic rings. The fourth-order valence-corrected chi connectivity index (χ4v) is 3.54. The van der Waals surface area contributed by atoms with Gasteiger partial charge in [0.25, 0.3) is 0 Å². The van der Waals surface area contributed by atoms with Crippen LogP contribution in [0.2, 0.25) is 5.02 Å². The molecule has 0 bridgehead atoms. The van der Waals surface area contributed by atoms with E-state index in [-0.39, 0.29) is 17.8 Å². The van der Waals surface area contributed by atoms with Crippen LogP contribution in [0.3, 0.4) is 0 Å². The third-order valence-electron chi connectivity index (χ3n) is 3.82. The number of sulfone groups is 1. The molecule has 0 fully saturated rings. The van der Waals surface area contributed by atoms with Gasteiger partial charge in [-0.1, -0.05) is 37.6 Å². The molecular formula is C15H22ClNO4S. The molecule has 1 aromatic rings. The number of rotatable bonds is 9. The van der Waals surface area contributed by atoms with E-state index in [9.17, 15) is 13.2 Å². The predicted octanol–water partition coefficient (Wildman–Crippen LogP) is 2.44. The van der Waals surface area contributed by atoms with Crippen molar-refractivity contribution in [3.8, 4) is 0 Å². The Labute approximate surface area is 136 Å². The van der Waals surface area contributed by atoms with Crippen LogP contribution in [0.25, 0.3) is 0 Å². The van der Waals surface area contributed by atoms with Crippen LogP contribution in [0.4, 0.5) is 0 Å². The zero-order chi connectivity index (χ0) is 16.8. The van der Waals surface area contributed by atoms with Gasteiger partial charge in [0.05, 0.1) is 5.75 Å². The average Bonchev–Trinajstić information content (AvgIpc) is 2.43. The van der Waals surface area contributed by atoms with Crippen LogP contribution in [-0.4, -0.2) is 37.5 Å². The summed E-state index contributed by atoms with van der Waals surface area (Å²) in [4.78, 5) is 10.5. The molecule has 0 aromatic heterocycles. The van der Waals surface area contributed by atoms with Crippen molar-refractivity contribution < 1.29 is 18.3 Å². The van der Waals surface area contributed by atoms with Gasteiger partial charge in [0.2, 0.25) is 0 Å². The maximum absolute atomic E-state index is 11.6. The van der Waals surface area contributed by atoms with Crippen molar-refractivity contribution in [3.63, 3.8) is 0 Å². The van der Waals surface area contributed by atoms with Gasteiger partial charge in [-0.3, -0.25) is 4.79 Å². The Morgan fingerprint density at radius 3 is 2.23 bits per heavy atom. The first-order valence-electron chi connectivity index (χ1n) is 7.18. The second-order valence-electron chi connectivity index (χ2n) is 5.21. The minimum atomic E-state index is -3.59. The van der Waals surface area contributed by atoms with Crippen molar-refractivity contribution in [1.82, 2.24) is 5.32 Å². The number of halogens is 1. The molecule has 0 saturated heterocycles. The van der Waals surface area contributed by atoms with Gasteiger partial charge in [-0.05, 0) is 30.5 Å². The fourth-order valence-electron chi connectivity index (χ4n) is 2.49. The molecule has 0 unspecified atom stereocenters. The van der Waals surface area contributed by atoms with E-state index >= 15 is 0 Å². The second kappa shape index (κ2) is 7.94. The molecule has 0 spiro atoms. The van der Waals surface area contributed by atoms with E-state index in [4.69, 9.17) is 16.7 Å². The van der Waals surface area contributed by atoms with Gasteiger partial charge in [-0.25, -0.2) is 8.42 Å². The number of hydrogen-bond donors (Lipinski definition) is 2. The highest BCUT2D eigenvalue weighted by atomic mass is 35.5. The van der Waals surface area contributed by atoms with Crippen molar-refractivity contribution in [1.29, 1.82) is 0 Å². The zero-order valence-corrected chi connectivity index (χ0v) is 14.4. The molecule has 0 atom stereocenters. The Morgan fingerprint density at radius 1 is 1.23 bits per heavy atom. The molecule has 0 heterocycles. The molecule has 5 nitrogen and oxygen atoms in total. The molecule has 0 radical (unpaired) electrons. The van der Waals surface area contributed by atoms with E-state index in [0.717, 1.165) is 18.4 Å². The normalized spacial score (nSPS) is 12.3. The molecule has 124 valence electrons. The summed E-state index contributed by atoms with van der Waals surface area (Å²) in [6.07, 6.45) is 1.56. The molecule has 2 N–H and O–H groups in total. The number of aliphatic carboxylic acids is 1.